The SMILES string of the molecule is N#Cc1c(-c2cccc3c2sc2ccccc23)cc(-c2cccc3sc4ccccc4c23)c(C#N)c1-c1ccccc1. The van der Waals surface area contributed by atoms with Gasteiger partial charge in [0.25, 0.3) is 0 Å². The molecule has 0 aliphatic rings. The van der Waals surface area contributed by atoms with Crippen LogP contribution in [-0.2, 0) is 0 Å². The molecule has 6 aromatic carbocycles. The first-order valence-corrected chi connectivity index (χ1v) is 15.3. The van der Waals surface area contributed by atoms with Gasteiger partial charge in [0.05, 0.1) is 11.1 Å². The van der Waals surface area contributed by atoms with Crippen molar-refractivity contribution in [2.45, 2.75) is 0 Å². The lowest BCUT2D eigenvalue weighted by Crippen LogP contribution is -1.98. The van der Waals surface area contributed by atoms with Crippen molar-refractivity contribution in [3.63, 3.8) is 0 Å². The maximum atomic E-state index is 10.8. The van der Waals surface area contributed by atoms with Crippen LogP contribution in [-0.4, -0.2) is 0 Å². The summed E-state index contributed by atoms with van der Waals surface area (Å²) in [4.78, 5) is 0. The zero-order valence-corrected chi connectivity index (χ0v) is 23.9. The monoisotopic (exact) mass is 568 g/mol. The van der Waals surface area contributed by atoms with Crippen LogP contribution in [0.4, 0.5) is 0 Å². The van der Waals surface area contributed by atoms with Crippen molar-refractivity contribution < 1.29 is 0 Å². The molecule has 0 aliphatic heterocycles. The molecule has 2 nitrogen and oxygen atoms in total. The largest absolute Gasteiger partial charge is 0.192 e. The second kappa shape index (κ2) is 9.68. The van der Waals surface area contributed by atoms with Crippen LogP contribution in [0.25, 0.3) is 73.7 Å². The van der Waals surface area contributed by atoms with Crippen LogP contribution < -0.4 is 0 Å². The number of hydrogen-bond acceptors (Lipinski definition) is 4. The van der Waals surface area contributed by atoms with E-state index in [9.17, 15) is 10.5 Å². The van der Waals surface area contributed by atoms with Gasteiger partial charge < -0.3 is 0 Å². The van der Waals surface area contributed by atoms with E-state index in [1.54, 1.807) is 22.7 Å². The second-order valence-electron chi connectivity index (χ2n) is 10.2. The molecule has 4 heteroatoms. The average molecular weight is 569 g/mol. The van der Waals surface area contributed by atoms with E-state index in [1.165, 1.54) is 30.3 Å². The van der Waals surface area contributed by atoms with Gasteiger partial charge in [0.2, 0.25) is 0 Å². The molecule has 0 N–H and O–H groups in total. The van der Waals surface area contributed by atoms with Gasteiger partial charge in [0, 0.05) is 62.6 Å². The topological polar surface area (TPSA) is 47.6 Å². The van der Waals surface area contributed by atoms with E-state index in [0.29, 0.717) is 16.7 Å². The summed E-state index contributed by atoms with van der Waals surface area (Å²) in [6.07, 6.45) is 0. The fourth-order valence-electron chi connectivity index (χ4n) is 6.19. The number of hydrogen-bond donors (Lipinski definition) is 0. The van der Waals surface area contributed by atoms with Crippen LogP contribution in [0.3, 0.4) is 0 Å². The quantitative estimate of drug-likeness (QED) is 0.213. The Morgan fingerprint density at radius 2 is 1.02 bits per heavy atom. The normalized spacial score (nSPS) is 11.3. The van der Waals surface area contributed by atoms with Crippen molar-refractivity contribution in [2.75, 3.05) is 0 Å². The fraction of sp³-hybridized carbons (Fsp3) is 0. The zero-order chi connectivity index (χ0) is 28.2. The highest BCUT2D eigenvalue weighted by molar-refractivity contribution is 7.26. The summed E-state index contributed by atoms with van der Waals surface area (Å²) in [6, 6.07) is 46.6. The Bertz CT molecular complexity index is 2430. The van der Waals surface area contributed by atoms with Gasteiger partial charge in [-0.2, -0.15) is 10.5 Å². The second-order valence-corrected chi connectivity index (χ2v) is 12.4. The Morgan fingerprint density at radius 3 is 1.79 bits per heavy atom. The van der Waals surface area contributed by atoms with Crippen molar-refractivity contribution in [2.24, 2.45) is 0 Å². The van der Waals surface area contributed by atoms with Gasteiger partial charge in [0.15, 0.2) is 0 Å². The lowest BCUT2D eigenvalue weighted by molar-refractivity contribution is 1.44. The van der Waals surface area contributed by atoms with Crippen molar-refractivity contribution in [1.82, 2.24) is 0 Å². The smallest absolute Gasteiger partial charge is 0.100 e. The van der Waals surface area contributed by atoms with Crippen LogP contribution in [0.1, 0.15) is 11.1 Å². The van der Waals surface area contributed by atoms with E-state index in [4.69, 9.17) is 0 Å². The number of nitriles is 2. The van der Waals surface area contributed by atoms with Gasteiger partial charge in [-0.15, -0.1) is 22.7 Å². The number of nitrogens with zero attached hydrogens (tertiary/aromatic N) is 2. The summed E-state index contributed by atoms with van der Waals surface area (Å²) in [6.45, 7) is 0. The van der Waals surface area contributed by atoms with E-state index < -0.39 is 0 Å². The minimum atomic E-state index is 0.521. The van der Waals surface area contributed by atoms with Crippen molar-refractivity contribution >= 4 is 63.0 Å². The maximum Gasteiger partial charge on any atom is 0.100 e. The summed E-state index contributed by atoms with van der Waals surface area (Å²) in [7, 11) is 0. The third kappa shape index (κ3) is 3.60. The standard InChI is InChI=1S/C38H20N2S2/c39-21-31-29(25-14-9-19-35-37(25)28-13-5-7-18-34(28)41-35)20-30(32(22-40)36(31)23-10-2-1-3-11-23)27-16-8-15-26-24-12-4-6-17-33(24)42-38(26)27/h1-20H. The van der Waals surface area contributed by atoms with Gasteiger partial charge in [-0.05, 0) is 35.4 Å². The van der Waals surface area contributed by atoms with Crippen LogP contribution in [0.5, 0.6) is 0 Å². The number of fused-ring (bicyclic) bond motifs is 6. The Balaban J connectivity index is 1.55. The first-order valence-electron chi connectivity index (χ1n) is 13.6. The molecule has 2 heterocycles. The van der Waals surface area contributed by atoms with E-state index in [0.717, 1.165) is 37.9 Å². The van der Waals surface area contributed by atoms with E-state index >= 15 is 0 Å². The highest BCUT2D eigenvalue weighted by Gasteiger charge is 2.24. The van der Waals surface area contributed by atoms with Crippen LogP contribution in [0, 0.1) is 22.7 Å². The van der Waals surface area contributed by atoms with Gasteiger partial charge in [-0.1, -0.05) is 97.1 Å². The fourth-order valence-corrected chi connectivity index (χ4v) is 8.55. The summed E-state index contributed by atoms with van der Waals surface area (Å²) in [5.74, 6) is 0. The third-order valence-electron chi connectivity index (χ3n) is 8.00. The van der Waals surface area contributed by atoms with Crippen molar-refractivity contribution in [3.05, 3.63) is 132 Å². The first kappa shape index (κ1) is 24.5. The molecular formula is C38H20N2S2. The predicted molar refractivity (Wildman–Crippen MR) is 178 cm³/mol. The van der Waals surface area contributed by atoms with Gasteiger partial charge >= 0.3 is 0 Å². The van der Waals surface area contributed by atoms with E-state index in [1.807, 2.05) is 30.3 Å². The highest BCUT2D eigenvalue weighted by Crippen LogP contribution is 2.47. The Kier molecular flexibility index (Phi) is 5.66. The lowest BCUT2D eigenvalue weighted by atomic mass is 9.83. The van der Waals surface area contributed by atoms with Crippen LogP contribution in [0.15, 0.2) is 121 Å². The highest BCUT2D eigenvalue weighted by atomic mass is 32.1. The maximum absolute atomic E-state index is 10.8. The molecule has 0 fully saturated rings. The Morgan fingerprint density at radius 1 is 0.452 bits per heavy atom. The Hall–Kier alpha value is -5.26. The summed E-state index contributed by atoms with van der Waals surface area (Å²) >= 11 is 3.51. The molecule has 8 aromatic rings. The predicted octanol–water partition coefficient (Wildman–Crippen LogP) is 11.2. The van der Waals surface area contributed by atoms with Crippen LogP contribution >= 0.6 is 22.7 Å². The molecule has 0 unspecified atom stereocenters. The van der Waals surface area contributed by atoms with Crippen molar-refractivity contribution in [1.29, 1.82) is 10.5 Å². The molecule has 194 valence electrons. The molecule has 0 saturated heterocycles. The molecule has 0 saturated carbocycles. The number of thiophene rings is 2. The van der Waals surface area contributed by atoms with Crippen LogP contribution in [0.2, 0.25) is 0 Å². The first-order chi connectivity index (χ1) is 20.8. The van der Waals surface area contributed by atoms with Gasteiger partial charge in [-0.25, -0.2) is 0 Å². The summed E-state index contributed by atoms with van der Waals surface area (Å²) < 4.78 is 4.75. The minimum Gasteiger partial charge on any atom is -0.192 e. The van der Waals surface area contributed by atoms with E-state index in [2.05, 4.69) is 103 Å². The zero-order valence-electron chi connectivity index (χ0n) is 22.3. The lowest BCUT2D eigenvalue weighted by Gasteiger charge is -2.18. The number of benzene rings is 6. The molecule has 42 heavy (non-hydrogen) atoms. The molecule has 0 atom stereocenters. The molecule has 0 aliphatic carbocycles. The minimum absolute atomic E-state index is 0.521. The molecule has 8 rings (SSSR count). The van der Waals surface area contributed by atoms with Crippen molar-refractivity contribution in [3.8, 4) is 45.5 Å². The summed E-state index contributed by atoms with van der Waals surface area (Å²) in [5, 5.41) is 26.2. The average Bonchev–Trinajstić information content (AvgIpc) is 3.63. The van der Waals surface area contributed by atoms with E-state index in [-0.39, 0.29) is 0 Å². The molecule has 0 amide bonds. The summed E-state index contributed by atoms with van der Waals surface area (Å²) in [5.41, 5.74) is 6.30. The molecular weight excluding hydrogens is 549 g/mol. The Labute approximate surface area is 250 Å². The third-order valence-corrected chi connectivity index (χ3v) is 10.4. The number of rotatable bonds is 3. The van der Waals surface area contributed by atoms with Gasteiger partial charge in [0.1, 0.15) is 12.1 Å². The molecule has 0 bridgehead atoms. The molecule has 0 radical (unpaired) electrons. The molecule has 0 spiro atoms. The van der Waals surface area contributed by atoms with Gasteiger partial charge in [-0.3, -0.25) is 0 Å². The molecule has 2 aromatic heterocycles.